The van der Waals surface area contributed by atoms with Crippen LogP contribution < -0.4 is 10.1 Å². The van der Waals surface area contributed by atoms with Crippen molar-refractivity contribution in [1.29, 1.82) is 0 Å². The number of carbonyl (C=O) groups excluding carboxylic acids is 2. The van der Waals surface area contributed by atoms with Gasteiger partial charge in [-0.15, -0.1) is 0 Å². The number of hydrogen-bond acceptors (Lipinski definition) is 8. The van der Waals surface area contributed by atoms with Crippen LogP contribution in [0.25, 0.3) is 0 Å². The summed E-state index contributed by atoms with van der Waals surface area (Å²) in [7, 11) is -4.00. The zero-order chi connectivity index (χ0) is 32.1. The Kier molecular flexibility index (Phi) is 10.2. The molecular weight excluding hydrogens is 612 g/mol. The van der Waals surface area contributed by atoms with Gasteiger partial charge < -0.3 is 24.6 Å². The van der Waals surface area contributed by atoms with Crippen LogP contribution in [-0.2, 0) is 41.1 Å². The van der Waals surface area contributed by atoms with E-state index in [0.717, 1.165) is 5.56 Å². The van der Waals surface area contributed by atoms with Crippen LogP contribution in [0.2, 0.25) is 5.02 Å². The van der Waals surface area contributed by atoms with Gasteiger partial charge in [0.05, 0.1) is 23.9 Å². The lowest BCUT2D eigenvalue weighted by Crippen LogP contribution is -2.64. The summed E-state index contributed by atoms with van der Waals surface area (Å²) >= 11 is 6.14. The van der Waals surface area contributed by atoms with Gasteiger partial charge in [-0.1, -0.05) is 74.0 Å². The summed E-state index contributed by atoms with van der Waals surface area (Å²) in [6, 6.07) is 20.6. The quantitative estimate of drug-likeness (QED) is 0.213. The van der Waals surface area contributed by atoms with E-state index in [-0.39, 0.29) is 24.4 Å². The van der Waals surface area contributed by atoms with Gasteiger partial charge in [0.25, 0.3) is 0 Å². The van der Waals surface area contributed by atoms with Crippen LogP contribution in [-0.4, -0.2) is 61.3 Å². The smallest absolute Gasteiger partial charge is 0.410 e. The number of ether oxygens (including phenoxy) is 3. The Bertz CT molecular complexity index is 1610. The van der Waals surface area contributed by atoms with Crippen molar-refractivity contribution in [2.75, 3.05) is 13.1 Å². The zero-order valence-corrected chi connectivity index (χ0v) is 25.9. The fraction of sp³-hybridized carbons (Fsp3) is 0.323. The topological polar surface area (TPSA) is 149 Å². The first-order chi connectivity index (χ1) is 20.8. The summed E-state index contributed by atoms with van der Waals surface area (Å²) in [5, 5.41) is 12.4. The number of carbonyl (C=O) groups is 3. The van der Waals surface area contributed by atoms with Crippen molar-refractivity contribution in [3.05, 3.63) is 95.0 Å². The lowest BCUT2D eigenvalue weighted by Gasteiger charge is -2.48. The molecule has 0 spiro atoms. The van der Waals surface area contributed by atoms with E-state index in [1.54, 1.807) is 44.2 Å². The third-order valence-electron chi connectivity index (χ3n) is 6.87. The minimum Gasteiger partial charge on any atom is -0.480 e. The van der Waals surface area contributed by atoms with Crippen molar-refractivity contribution in [3.8, 4) is 5.75 Å². The molecule has 1 aliphatic heterocycles. The highest BCUT2D eigenvalue weighted by Crippen LogP contribution is 2.40. The standard InChI is InChI=1S/C31H33ClN2O9S/c1-20(2)29(37)41-21(3)42-30(38)33-27(28(35)36)16-22-9-7-14-26(15-22)44(39,40)34-18-31(19-34,23-10-5-4-6-11-23)43-25-13-8-12-24(32)17-25/h4-15,17,20-21,27H,16,18-19H2,1-3H3,(H,33,38)(H,35,36). The van der Waals surface area contributed by atoms with Gasteiger partial charge in [0.1, 0.15) is 11.8 Å². The average Bonchev–Trinajstić information content (AvgIpc) is 2.94. The van der Waals surface area contributed by atoms with Gasteiger partial charge >= 0.3 is 18.0 Å². The van der Waals surface area contributed by atoms with Crippen molar-refractivity contribution in [2.45, 2.75) is 50.0 Å². The van der Waals surface area contributed by atoms with E-state index in [1.807, 2.05) is 30.3 Å². The number of amides is 1. The van der Waals surface area contributed by atoms with E-state index < -0.39 is 51.9 Å². The van der Waals surface area contributed by atoms with Gasteiger partial charge in [-0.3, -0.25) is 4.79 Å². The van der Waals surface area contributed by atoms with Gasteiger partial charge in [0, 0.05) is 18.4 Å². The molecule has 11 nitrogen and oxygen atoms in total. The van der Waals surface area contributed by atoms with Crippen molar-refractivity contribution in [1.82, 2.24) is 9.62 Å². The van der Waals surface area contributed by atoms with Gasteiger partial charge in [-0.25, -0.2) is 18.0 Å². The number of nitrogens with one attached hydrogen (secondary N) is 1. The molecule has 1 fully saturated rings. The maximum Gasteiger partial charge on any atom is 0.410 e. The van der Waals surface area contributed by atoms with E-state index in [2.05, 4.69) is 5.32 Å². The first kappa shape index (κ1) is 32.8. The molecule has 3 aromatic rings. The largest absolute Gasteiger partial charge is 0.480 e. The van der Waals surface area contributed by atoms with Crippen LogP contribution in [0.4, 0.5) is 4.79 Å². The summed E-state index contributed by atoms with van der Waals surface area (Å²) in [5.74, 6) is -1.90. The first-order valence-corrected chi connectivity index (χ1v) is 15.6. The van der Waals surface area contributed by atoms with E-state index in [4.69, 9.17) is 25.8 Å². The lowest BCUT2D eigenvalue weighted by atomic mass is 9.87. The number of aliphatic carboxylic acids is 1. The highest BCUT2D eigenvalue weighted by atomic mass is 35.5. The summed E-state index contributed by atoms with van der Waals surface area (Å²) in [4.78, 5) is 35.9. The molecule has 13 heteroatoms. The number of carboxylic acid groups (broad SMARTS) is 1. The van der Waals surface area contributed by atoms with E-state index in [9.17, 15) is 27.9 Å². The Hall–Kier alpha value is -4.13. The zero-order valence-electron chi connectivity index (χ0n) is 24.3. The molecule has 44 heavy (non-hydrogen) atoms. The molecular formula is C31H33ClN2O9S. The minimum absolute atomic E-state index is 0.0286. The molecule has 0 bridgehead atoms. The van der Waals surface area contributed by atoms with Crippen molar-refractivity contribution < 1.29 is 42.1 Å². The lowest BCUT2D eigenvalue weighted by molar-refractivity contribution is -0.169. The summed E-state index contributed by atoms with van der Waals surface area (Å²) in [5.41, 5.74) is 0.203. The number of halogens is 1. The Balaban J connectivity index is 1.46. The Morgan fingerprint density at radius 3 is 2.27 bits per heavy atom. The van der Waals surface area contributed by atoms with Gasteiger partial charge in [0.15, 0.2) is 5.60 Å². The maximum absolute atomic E-state index is 13.6. The maximum atomic E-state index is 13.6. The van der Waals surface area contributed by atoms with Crippen LogP contribution in [0.15, 0.2) is 83.8 Å². The minimum atomic E-state index is -4.00. The molecule has 1 aliphatic rings. The molecule has 1 saturated heterocycles. The number of benzene rings is 3. The monoisotopic (exact) mass is 644 g/mol. The van der Waals surface area contributed by atoms with Gasteiger partial charge in [-0.05, 0) is 41.5 Å². The Labute approximate surface area is 260 Å². The molecule has 3 aromatic carbocycles. The number of carboxylic acids is 1. The molecule has 1 amide bonds. The van der Waals surface area contributed by atoms with Crippen LogP contribution >= 0.6 is 11.6 Å². The van der Waals surface area contributed by atoms with Crippen LogP contribution in [0, 0.1) is 5.92 Å². The normalized spacial score (nSPS) is 15.8. The number of sulfonamides is 1. The van der Waals surface area contributed by atoms with Crippen molar-refractivity contribution in [2.24, 2.45) is 5.92 Å². The first-order valence-electron chi connectivity index (χ1n) is 13.8. The third-order valence-corrected chi connectivity index (χ3v) is 8.89. The van der Waals surface area contributed by atoms with Crippen LogP contribution in [0.5, 0.6) is 5.75 Å². The average molecular weight is 645 g/mol. The van der Waals surface area contributed by atoms with Crippen LogP contribution in [0.1, 0.15) is 31.9 Å². The van der Waals surface area contributed by atoms with E-state index in [0.29, 0.717) is 16.3 Å². The highest BCUT2D eigenvalue weighted by molar-refractivity contribution is 7.89. The predicted octanol–water partition coefficient (Wildman–Crippen LogP) is 4.59. The fourth-order valence-electron chi connectivity index (χ4n) is 4.57. The number of nitrogens with zero attached hydrogens (tertiary/aromatic N) is 1. The summed E-state index contributed by atoms with van der Waals surface area (Å²) in [6.45, 7) is 4.61. The second kappa shape index (κ2) is 13.7. The molecule has 1 heterocycles. The molecule has 0 aliphatic carbocycles. The molecule has 234 valence electrons. The number of alkyl carbamates (subject to hydrolysis) is 1. The number of rotatable bonds is 12. The number of esters is 1. The summed E-state index contributed by atoms with van der Waals surface area (Å²) in [6.07, 6.45) is -2.59. The molecule has 0 radical (unpaired) electrons. The van der Waals surface area contributed by atoms with E-state index in [1.165, 1.54) is 29.4 Å². The predicted molar refractivity (Wildman–Crippen MR) is 161 cm³/mol. The van der Waals surface area contributed by atoms with E-state index >= 15 is 0 Å². The fourth-order valence-corrected chi connectivity index (χ4v) is 6.35. The van der Waals surface area contributed by atoms with Crippen LogP contribution in [0.3, 0.4) is 0 Å². The molecule has 0 saturated carbocycles. The SMILES string of the molecule is CC(OC(=O)NC(Cc1cccc(S(=O)(=O)N2CC(Oc3cccc(Cl)c3)(c3ccccc3)C2)c1)C(=O)O)OC(=O)C(C)C. The second-order valence-corrected chi connectivity index (χ2v) is 13.0. The highest BCUT2D eigenvalue weighted by Gasteiger charge is 2.52. The third kappa shape index (κ3) is 7.87. The molecule has 4 rings (SSSR count). The number of hydrogen-bond donors (Lipinski definition) is 2. The van der Waals surface area contributed by atoms with Crippen molar-refractivity contribution >= 4 is 39.7 Å². The Morgan fingerprint density at radius 1 is 0.955 bits per heavy atom. The summed E-state index contributed by atoms with van der Waals surface area (Å²) < 4.78 is 44.8. The van der Waals surface area contributed by atoms with Crippen molar-refractivity contribution in [3.63, 3.8) is 0 Å². The van der Waals surface area contributed by atoms with Gasteiger partial charge in [-0.2, -0.15) is 4.31 Å². The Morgan fingerprint density at radius 2 is 1.64 bits per heavy atom. The molecule has 2 unspecified atom stereocenters. The molecule has 2 N–H and O–H groups in total. The molecule has 2 atom stereocenters. The molecule has 0 aromatic heterocycles. The van der Waals surface area contributed by atoms with Gasteiger partial charge in [0.2, 0.25) is 16.3 Å². The second-order valence-electron chi connectivity index (χ2n) is 10.6.